The van der Waals surface area contributed by atoms with Crippen LogP contribution in [0.2, 0.25) is 0 Å². The number of benzene rings is 1. The Kier molecular flexibility index (Phi) is 5.00. The molecule has 1 heterocycles. The lowest BCUT2D eigenvalue weighted by Crippen LogP contribution is -2.35. The predicted molar refractivity (Wildman–Crippen MR) is 80.5 cm³/mol. The van der Waals surface area contributed by atoms with Crippen LogP contribution >= 0.6 is 0 Å². The van der Waals surface area contributed by atoms with Crippen LogP contribution in [0.25, 0.3) is 0 Å². The van der Waals surface area contributed by atoms with Crippen molar-refractivity contribution in [3.05, 3.63) is 34.9 Å². The molecule has 0 aromatic heterocycles. The number of hydrogen-bond acceptors (Lipinski definition) is 2. The van der Waals surface area contributed by atoms with Crippen molar-refractivity contribution in [2.45, 2.75) is 52.7 Å². The van der Waals surface area contributed by atoms with Gasteiger partial charge in [0.25, 0.3) is 0 Å². The summed E-state index contributed by atoms with van der Waals surface area (Å²) in [4.78, 5) is 0. The Morgan fingerprint density at radius 1 is 1.32 bits per heavy atom. The molecular weight excluding hydrogens is 234 g/mol. The van der Waals surface area contributed by atoms with Crippen LogP contribution < -0.4 is 5.32 Å². The van der Waals surface area contributed by atoms with Crippen molar-refractivity contribution in [2.75, 3.05) is 13.2 Å². The van der Waals surface area contributed by atoms with E-state index >= 15 is 0 Å². The minimum absolute atomic E-state index is 0.264. The van der Waals surface area contributed by atoms with Gasteiger partial charge in [0.2, 0.25) is 0 Å². The van der Waals surface area contributed by atoms with Gasteiger partial charge in [0.05, 0.1) is 6.10 Å². The molecule has 19 heavy (non-hydrogen) atoms. The van der Waals surface area contributed by atoms with Gasteiger partial charge in [-0.3, -0.25) is 0 Å². The molecule has 0 saturated carbocycles. The third kappa shape index (κ3) is 3.80. The summed E-state index contributed by atoms with van der Waals surface area (Å²) in [6, 6.07) is 7.26. The van der Waals surface area contributed by atoms with Crippen molar-refractivity contribution in [1.29, 1.82) is 0 Å². The van der Waals surface area contributed by atoms with Crippen molar-refractivity contribution in [3.63, 3.8) is 0 Å². The molecule has 2 rings (SSSR count). The van der Waals surface area contributed by atoms with Crippen LogP contribution in [-0.2, 0) is 4.74 Å². The molecule has 1 aliphatic heterocycles. The molecule has 1 aromatic rings. The lowest BCUT2D eigenvalue weighted by molar-refractivity contribution is -0.0285. The Balaban J connectivity index is 2.14. The molecule has 2 nitrogen and oxygen atoms in total. The number of hydrogen-bond donors (Lipinski definition) is 1. The molecule has 1 saturated heterocycles. The van der Waals surface area contributed by atoms with Gasteiger partial charge in [-0.2, -0.15) is 0 Å². The number of aryl methyl sites for hydroxylation is 2. The summed E-state index contributed by atoms with van der Waals surface area (Å²) in [5.41, 5.74) is 4.07. The molecule has 1 N–H and O–H groups in total. The second-order valence-corrected chi connectivity index (χ2v) is 6.12. The first-order valence-electron chi connectivity index (χ1n) is 7.50. The van der Waals surface area contributed by atoms with Gasteiger partial charge in [0.15, 0.2) is 0 Å². The smallest absolute Gasteiger partial charge is 0.0867 e. The van der Waals surface area contributed by atoms with Crippen LogP contribution in [0.3, 0.4) is 0 Å². The Bertz CT molecular complexity index is 414. The van der Waals surface area contributed by atoms with Crippen LogP contribution in [0.15, 0.2) is 18.2 Å². The SMILES string of the molecule is Cc1ccc(C2OCCCC2CNC(C)C)c(C)c1. The van der Waals surface area contributed by atoms with E-state index in [-0.39, 0.29) is 6.10 Å². The highest BCUT2D eigenvalue weighted by atomic mass is 16.5. The van der Waals surface area contributed by atoms with Crippen molar-refractivity contribution in [3.8, 4) is 0 Å². The quantitative estimate of drug-likeness (QED) is 0.891. The summed E-state index contributed by atoms with van der Waals surface area (Å²) in [6.45, 7) is 10.7. The molecule has 0 spiro atoms. The molecule has 2 unspecified atom stereocenters. The van der Waals surface area contributed by atoms with Gasteiger partial charge >= 0.3 is 0 Å². The Morgan fingerprint density at radius 2 is 2.11 bits per heavy atom. The molecule has 0 radical (unpaired) electrons. The van der Waals surface area contributed by atoms with E-state index in [1.165, 1.54) is 29.5 Å². The van der Waals surface area contributed by atoms with Crippen molar-refractivity contribution in [2.24, 2.45) is 5.92 Å². The second kappa shape index (κ2) is 6.53. The topological polar surface area (TPSA) is 21.3 Å². The van der Waals surface area contributed by atoms with Crippen molar-refractivity contribution < 1.29 is 4.74 Å². The van der Waals surface area contributed by atoms with E-state index in [0.29, 0.717) is 12.0 Å². The molecular formula is C17H27NO. The number of ether oxygens (including phenoxy) is 1. The zero-order chi connectivity index (χ0) is 13.8. The highest BCUT2D eigenvalue weighted by molar-refractivity contribution is 5.32. The predicted octanol–water partition coefficient (Wildman–Crippen LogP) is 3.77. The van der Waals surface area contributed by atoms with Gasteiger partial charge in [-0.05, 0) is 37.8 Å². The maximum absolute atomic E-state index is 6.09. The third-order valence-corrected chi connectivity index (χ3v) is 3.96. The fourth-order valence-corrected chi connectivity index (χ4v) is 2.93. The van der Waals surface area contributed by atoms with Crippen molar-refractivity contribution >= 4 is 0 Å². The third-order valence-electron chi connectivity index (χ3n) is 3.96. The summed E-state index contributed by atoms with van der Waals surface area (Å²) in [6.07, 6.45) is 2.71. The van der Waals surface area contributed by atoms with Gasteiger partial charge in [-0.1, -0.05) is 37.6 Å². The molecule has 2 atom stereocenters. The lowest BCUT2D eigenvalue weighted by Gasteiger charge is -2.33. The Labute approximate surface area is 117 Å². The molecule has 0 aliphatic carbocycles. The highest BCUT2D eigenvalue weighted by Crippen LogP contribution is 2.35. The largest absolute Gasteiger partial charge is 0.373 e. The van der Waals surface area contributed by atoms with Gasteiger partial charge in [0, 0.05) is 25.1 Å². The molecule has 1 fully saturated rings. The van der Waals surface area contributed by atoms with Crippen LogP contribution in [0.1, 0.15) is 49.5 Å². The monoisotopic (exact) mass is 261 g/mol. The summed E-state index contributed by atoms with van der Waals surface area (Å²) >= 11 is 0. The van der Waals surface area contributed by atoms with Gasteiger partial charge in [-0.15, -0.1) is 0 Å². The molecule has 0 bridgehead atoms. The Hall–Kier alpha value is -0.860. The standard InChI is InChI=1S/C17H27NO/c1-12(2)18-11-15-6-5-9-19-17(15)16-8-7-13(3)10-14(16)4/h7-8,10,12,15,17-18H,5-6,9,11H2,1-4H3. The van der Waals surface area contributed by atoms with Gasteiger partial charge in [-0.25, -0.2) is 0 Å². The van der Waals surface area contributed by atoms with Crippen LogP contribution in [0.4, 0.5) is 0 Å². The van der Waals surface area contributed by atoms with E-state index in [1.807, 2.05) is 0 Å². The normalized spacial score (nSPS) is 23.8. The average Bonchev–Trinajstić information content (AvgIpc) is 2.37. The number of nitrogens with one attached hydrogen (secondary N) is 1. The van der Waals surface area contributed by atoms with E-state index in [1.54, 1.807) is 0 Å². The highest BCUT2D eigenvalue weighted by Gasteiger charge is 2.28. The molecule has 0 amide bonds. The maximum Gasteiger partial charge on any atom is 0.0867 e. The first kappa shape index (κ1) is 14.5. The Morgan fingerprint density at radius 3 is 2.79 bits per heavy atom. The zero-order valence-electron chi connectivity index (χ0n) is 12.7. The van der Waals surface area contributed by atoms with Crippen LogP contribution in [0.5, 0.6) is 0 Å². The molecule has 1 aromatic carbocycles. The molecule has 106 valence electrons. The van der Waals surface area contributed by atoms with E-state index in [2.05, 4.69) is 51.2 Å². The minimum Gasteiger partial charge on any atom is -0.373 e. The number of rotatable bonds is 4. The summed E-state index contributed by atoms with van der Waals surface area (Å²) in [7, 11) is 0. The fourth-order valence-electron chi connectivity index (χ4n) is 2.93. The van der Waals surface area contributed by atoms with Gasteiger partial charge < -0.3 is 10.1 Å². The molecule has 2 heteroatoms. The first-order chi connectivity index (χ1) is 9.08. The van der Waals surface area contributed by atoms with E-state index in [9.17, 15) is 0 Å². The molecule has 1 aliphatic rings. The van der Waals surface area contributed by atoms with Crippen LogP contribution in [-0.4, -0.2) is 19.2 Å². The zero-order valence-corrected chi connectivity index (χ0v) is 12.7. The minimum atomic E-state index is 0.264. The maximum atomic E-state index is 6.09. The van der Waals surface area contributed by atoms with E-state index in [0.717, 1.165) is 13.2 Å². The van der Waals surface area contributed by atoms with Gasteiger partial charge in [0.1, 0.15) is 0 Å². The summed E-state index contributed by atoms with van der Waals surface area (Å²) in [5, 5.41) is 3.57. The average molecular weight is 261 g/mol. The van der Waals surface area contributed by atoms with E-state index in [4.69, 9.17) is 4.74 Å². The second-order valence-electron chi connectivity index (χ2n) is 6.12. The summed E-state index contributed by atoms with van der Waals surface area (Å²) in [5.74, 6) is 0.595. The summed E-state index contributed by atoms with van der Waals surface area (Å²) < 4.78 is 6.09. The van der Waals surface area contributed by atoms with E-state index < -0.39 is 0 Å². The van der Waals surface area contributed by atoms with Crippen molar-refractivity contribution in [1.82, 2.24) is 5.32 Å². The van der Waals surface area contributed by atoms with Crippen LogP contribution in [0, 0.1) is 19.8 Å². The fraction of sp³-hybridized carbons (Fsp3) is 0.647. The first-order valence-corrected chi connectivity index (χ1v) is 7.50. The lowest BCUT2D eigenvalue weighted by atomic mass is 9.87.